The molecule has 23 heteroatoms. The Morgan fingerprint density at radius 2 is 1.63 bits per heavy atom. The number of aliphatic hydroxyl groups is 1. The van der Waals surface area contributed by atoms with Crippen molar-refractivity contribution in [2.24, 2.45) is 5.41 Å². The fraction of sp³-hybridized carbons (Fsp3) is 0.379. The van der Waals surface area contributed by atoms with Crippen molar-refractivity contribution in [2.45, 2.75) is 84.2 Å². The van der Waals surface area contributed by atoms with Gasteiger partial charge in [0.05, 0.1) is 41.0 Å². The maximum atomic E-state index is 15.7. The number of halogens is 1. The third-order valence-corrected chi connectivity index (χ3v) is 15.4. The molecule has 2 aliphatic rings. The lowest BCUT2D eigenvalue weighted by molar-refractivity contribution is -0.145. The molecule has 5 amide bonds. The minimum absolute atomic E-state index is 0.0343. The van der Waals surface area contributed by atoms with E-state index in [1.165, 1.54) is 52.6 Å². The number of aliphatic hydroxyl groups excluding tert-OH is 1. The van der Waals surface area contributed by atoms with E-state index in [1.807, 2.05) is 44.2 Å². The molecule has 2 aliphatic heterocycles. The van der Waals surface area contributed by atoms with Crippen LogP contribution in [0.4, 0.5) is 9.52 Å². The number of carbonyl (C=O) groups is 6. The lowest BCUT2D eigenvalue weighted by atomic mass is 9.81. The standard InChI is InChI=1S/C58H65FN8O12S2/c1-34-51(81-33-63-34)37-8-6-35(7-9-37)29-62-53(72)45-25-40(68)30-67(45)54(73)52(57(2,3)4)65-50(71)32-77-31-49(70)60-18-20-76-21-22-78-46-24-39-16-17-64-58(5,28-48(69)66-56-61-19-23-80-56)43(39)27-47(46)79-41-14-15-42(44(59)26-41)36-10-12-38(13-11-36)55(74)75/h6-15,19,23-24,26-27,33,40,45,52,64,68H,16-18,20-22,25,28-32H2,1-5H3,(H,60,70)(H,62,72)(H,65,71)(H,74,75)(H,61,66,69)/t40-,45+,52-,58-/m1/s1. The fourth-order valence-corrected chi connectivity index (χ4v) is 10.9. The van der Waals surface area contributed by atoms with Gasteiger partial charge in [-0.1, -0.05) is 57.2 Å². The minimum Gasteiger partial charge on any atom is -0.487 e. The molecule has 0 aliphatic carbocycles. The van der Waals surface area contributed by atoms with Crippen LogP contribution in [0.2, 0.25) is 0 Å². The molecule has 1 fully saturated rings. The third-order valence-electron chi connectivity index (χ3n) is 13.7. The topological polar surface area (TPSA) is 269 Å². The van der Waals surface area contributed by atoms with Gasteiger partial charge in [0.1, 0.15) is 43.5 Å². The summed E-state index contributed by atoms with van der Waals surface area (Å²) in [7, 11) is 0. The molecule has 0 bridgehead atoms. The number of nitrogens with zero attached hydrogens (tertiary/aromatic N) is 3. The van der Waals surface area contributed by atoms with Crippen molar-refractivity contribution >= 4 is 63.3 Å². The van der Waals surface area contributed by atoms with E-state index in [4.69, 9.17) is 18.9 Å². The lowest BCUT2D eigenvalue weighted by Crippen LogP contribution is -2.58. The molecule has 0 saturated carbocycles. The Morgan fingerprint density at radius 3 is 2.32 bits per heavy atom. The van der Waals surface area contributed by atoms with Gasteiger partial charge in [0.2, 0.25) is 29.5 Å². The van der Waals surface area contributed by atoms with Gasteiger partial charge in [-0.2, -0.15) is 0 Å². The second-order valence-electron chi connectivity index (χ2n) is 20.9. The number of carboxylic acid groups (broad SMARTS) is 1. The van der Waals surface area contributed by atoms with Gasteiger partial charge < -0.3 is 60.6 Å². The van der Waals surface area contributed by atoms with Crippen molar-refractivity contribution in [2.75, 3.05) is 58.0 Å². The number of aromatic nitrogens is 2. The van der Waals surface area contributed by atoms with Crippen molar-refractivity contribution in [3.8, 4) is 38.8 Å². The van der Waals surface area contributed by atoms with Gasteiger partial charge in [-0.25, -0.2) is 19.2 Å². The summed E-state index contributed by atoms with van der Waals surface area (Å²) < 4.78 is 39.3. The van der Waals surface area contributed by atoms with Gasteiger partial charge in [0, 0.05) is 67.8 Å². The molecule has 0 radical (unpaired) electrons. The van der Waals surface area contributed by atoms with E-state index in [0.29, 0.717) is 29.4 Å². The van der Waals surface area contributed by atoms with Crippen molar-refractivity contribution in [1.82, 2.24) is 36.1 Å². The number of hydrogen-bond donors (Lipinski definition) is 7. The molecule has 81 heavy (non-hydrogen) atoms. The number of β-amino-alcohol motifs (C(OH)–C–C–N with tert-alkyl or cyclic N) is 1. The Balaban J connectivity index is 0.799. The number of hydrogen-bond acceptors (Lipinski definition) is 16. The van der Waals surface area contributed by atoms with Crippen molar-refractivity contribution in [3.63, 3.8) is 0 Å². The van der Waals surface area contributed by atoms with Crippen LogP contribution in [0.1, 0.15) is 73.3 Å². The Bertz CT molecular complexity index is 3210. The second kappa shape index (κ2) is 26.7. The molecule has 428 valence electrons. The number of ether oxygens (including phenoxy) is 4. The van der Waals surface area contributed by atoms with Gasteiger partial charge >= 0.3 is 5.97 Å². The Hall–Kier alpha value is -7.67. The first-order chi connectivity index (χ1) is 38.7. The lowest BCUT2D eigenvalue weighted by Gasteiger charge is -2.37. The van der Waals surface area contributed by atoms with Crippen LogP contribution in [0, 0.1) is 18.2 Å². The zero-order valence-electron chi connectivity index (χ0n) is 45.5. The summed E-state index contributed by atoms with van der Waals surface area (Å²) in [6, 6.07) is 19.5. The van der Waals surface area contributed by atoms with Crippen LogP contribution < -0.4 is 36.1 Å². The summed E-state index contributed by atoms with van der Waals surface area (Å²) in [5.74, 6) is -3.33. The molecule has 20 nitrogen and oxygen atoms in total. The first kappa shape index (κ1) is 59.5. The third kappa shape index (κ3) is 15.6. The number of thiazole rings is 2. The fourth-order valence-electron chi connectivity index (χ4n) is 9.57. The molecule has 6 aromatic rings. The van der Waals surface area contributed by atoms with Gasteiger partial charge in [-0.05, 0) is 89.9 Å². The van der Waals surface area contributed by atoms with Crippen LogP contribution >= 0.6 is 22.7 Å². The highest BCUT2D eigenvalue weighted by atomic mass is 32.1. The summed E-state index contributed by atoms with van der Waals surface area (Å²) in [5.41, 5.74) is 5.45. The smallest absolute Gasteiger partial charge is 0.335 e. The quantitative estimate of drug-likeness (QED) is 0.0315. The summed E-state index contributed by atoms with van der Waals surface area (Å²) in [4.78, 5) is 88.8. The van der Waals surface area contributed by atoms with Gasteiger partial charge in [0.25, 0.3) is 0 Å². The zero-order chi connectivity index (χ0) is 57.8. The first-order valence-electron chi connectivity index (χ1n) is 26.3. The molecule has 4 aromatic carbocycles. The van der Waals surface area contributed by atoms with E-state index in [-0.39, 0.29) is 80.8 Å². The molecule has 0 spiro atoms. The molecular formula is C58H65FN8O12S2. The monoisotopic (exact) mass is 1150 g/mol. The minimum atomic E-state index is -1.09. The van der Waals surface area contributed by atoms with Crippen molar-refractivity contribution in [1.29, 1.82) is 0 Å². The predicted molar refractivity (Wildman–Crippen MR) is 302 cm³/mol. The van der Waals surface area contributed by atoms with Crippen molar-refractivity contribution in [3.05, 3.63) is 130 Å². The molecule has 8 rings (SSSR count). The van der Waals surface area contributed by atoms with E-state index in [9.17, 15) is 39.0 Å². The number of benzene rings is 4. The summed E-state index contributed by atoms with van der Waals surface area (Å²) in [5, 5.41) is 36.7. The van der Waals surface area contributed by atoms with E-state index in [0.717, 1.165) is 32.8 Å². The molecule has 4 heterocycles. The second-order valence-corrected chi connectivity index (χ2v) is 22.7. The van der Waals surface area contributed by atoms with E-state index in [2.05, 4.69) is 36.6 Å². The van der Waals surface area contributed by atoms with Crippen LogP contribution in [-0.4, -0.2) is 131 Å². The van der Waals surface area contributed by atoms with E-state index >= 15 is 4.39 Å². The average molecular weight is 1150 g/mol. The molecule has 4 atom stereocenters. The summed E-state index contributed by atoms with van der Waals surface area (Å²) in [6.07, 6.45) is 1.38. The number of aryl methyl sites for hydroxylation is 1. The molecule has 2 aromatic heterocycles. The Kier molecular flexibility index (Phi) is 19.6. The van der Waals surface area contributed by atoms with Crippen molar-refractivity contribution < 1.29 is 62.3 Å². The SMILES string of the molecule is Cc1ncsc1-c1ccc(CNC(=O)[C@@H]2C[C@@H](O)CN2C(=O)[C@@H](NC(=O)COCC(=O)NCCOCCOc2cc3c(cc2Oc2ccc(-c4ccc(C(=O)O)cc4)c(F)c2)[C@@](C)(CC(=O)Nc2nccs2)NCC3)C(C)(C)C)cc1. The number of nitrogens with one attached hydrogen (secondary N) is 5. The predicted octanol–water partition coefficient (Wildman–Crippen LogP) is 6.60. The Labute approximate surface area is 475 Å². The van der Waals surface area contributed by atoms with E-state index in [1.54, 1.807) is 61.3 Å². The molecule has 0 unspecified atom stereocenters. The van der Waals surface area contributed by atoms with Gasteiger partial charge in [-0.15, -0.1) is 22.7 Å². The van der Waals surface area contributed by atoms with Crippen LogP contribution in [0.3, 0.4) is 0 Å². The zero-order valence-corrected chi connectivity index (χ0v) is 47.1. The average Bonchev–Trinajstić information content (AvgIpc) is 4.25. The maximum absolute atomic E-state index is 15.7. The number of rotatable bonds is 24. The molecule has 7 N–H and O–H groups in total. The van der Waals surface area contributed by atoms with Gasteiger partial charge in [-0.3, -0.25) is 24.0 Å². The number of carbonyl (C=O) groups excluding carboxylic acids is 5. The maximum Gasteiger partial charge on any atom is 0.335 e. The van der Waals surface area contributed by atoms with Crippen LogP contribution in [0.5, 0.6) is 17.2 Å². The van der Waals surface area contributed by atoms with Crippen LogP contribution in [0.25, 0.3) is 21.6 Å². The number of fused-ring (bicyclic) bond motifs is 1. The molecular weight excluding hydrogens is 1080 g/mol. The first-order valence-corrected chi connectivity index (χ1v) is 28.0. The largest absolute Gasteiger partial charge is 0.487 e. The Morgan fingerprint density at radius 1 is 0.877 bits per heavy atom. The number of carboxylic acids is 1. The summed E-state index contributed by atoms with van der Waals surface area (Å²) >= 11 is 2.86. The highest BCUT2D eigenvalue weighted by Crippen LogP contribution is 2.42. The highest BCUT2D eigenvalue weighted by Gasteiger charge is 2.44. The number of anilines is 1. The summed E-state index contributed by atoms with van der Waals surface area (Å²) in [6.45, 7) is 9.21. The number of likely N-dealkylation sites (tertiary alicyclic amines) is 1. The van der Waals surface area contributed by atoms with Crippen LogP contribution in [0.15, 0.2) is 96.0 Å². The van der Waals surface area contributed by atoms with Gasteiger partial charge in [0.15, 0.2) is 16.6 Å². The highest BCUT2D eigenvalue weighted by molar-refractivity contribution is 7.14. The van der Waals surface area contributed by atoms with Crippen LogP contribution in [-0.2, 0) is 52.0 Å². The number of amides is 5. The normalized spacial score (nSPS) is 17.1. The number of aromatic carboxylic acids is 1. The van der Waals surface area contributed by atoms with E-state index < -0.39 is 77.8 Å². The molecule has 1 saturated heterocycles.